The number of aliphatic carboxylic acids is 1. The minimum atomic E-state index is -0.884. The molecule has 0 spiro atoms. The van der Waals surface area contributed by atoms with Gasteiger partial charge in [0.15, 0.2) is 0 Å². The minimum absolute atomic E-state index is 0.00389. The lowest BCUT2D eigenvalue weighted by molar-refractivity contribution is -0.137. The summed E-state index contributed by atoms with van der Waals surface area (Å²) in [5.41, 5.74) is 0. The summed E-state index contributed by atoms with van der Waals surface area (Å²) in [6.45, 7) is 0.477. The zero-order valence-corrected chi connectivity index (χ0v) is 6.20. The maximum absolute atomic E-state index is 10.8. The van der Waals surface area contributed by atoms with Crippen LogP contribution in [0.3, 0.4) is 0 Å². The van der Waals surface area contributed by atoms with Crippen LogP contribution in [0, 0.1) is 0 Å². The molecule has 0 aromatic heterocycles. The Kier molecular flexibility index (Phi) is 1.98. The number of likely N-dealkylation sites (N-methyl/N-ethyl adjacent to an activating group) is 1. The van der Waals surface area contributed by atoms with Crippen molar-refractivity contribution >= 4 is 12.0 Å². The highest BCUT2D eigenvalue weighted by Gasteiger charge is 2.26. The molecule has 0 radical (unpaired) electrons. The summed E-state index contributed by atoms with van der Waals surface area (Å²) in [4.78, 5) is 22.5. The highest BCUT2D eigenvalue weighted by molar-refractivity contribution is 5.78. The number of hydrogen-bond acceptors (Lipinski definition) is 2. The van der Waals surface area contributed by atoms with E-state index in [2.05, 4.69) is 5.32 Å². The maximum Gasteiger partial charge on any atom is 0.317 e. The molecule has 1 aliphatic heterocycles. The van der Waals surface area contributed by atoms with E-state index >= 15 is 0 Å². The molecule has 2 amide bonds. The maximum atomic E-state index is 10.8. The largest absolute Gasteiger partial charge is 0.481 e. The number of nitrogens with one attached hydrogen (secondary N) is 1. The van der Waals surface area contributed by atoms with Gasteiger partial charge in [-0.2, -0.15) is 0 Å². The second-order valence-electron chi connectivity index (χ2n) is 2.62. The van der Waals surface area contributed by atoms with Crippen LogP contribution in [-0.4, -0.2) is 41.6 Å². The van der Waals surface area contributed by atoms with E-state index in [1.54, 1.807) is 7.05 Å². The van der Waals surface area contributed by atoms with E-state index in [9.17, 15) is 9.59 Å². The lowest BCUT2D eigenvalue weighted by Crippen LogP contribution is -2.28. The average Bonchev–Trinajstić information content (AvgIpc) is 2.10. The summed E-state index contributed by atoms with van der Waals surface area (Å²) in [5.74, 6) is -0.884. The first-order valence-corrected chi connectivity index (χ1v) is 3.33. The van der Waals surface area contributed by atoms with Gasteiger partial charge in [-0.1, -0.05) is 0 Å². The predicted molar refractivity (Wildman–Crippen MR) is 37.2 cm³/mol. The van der Waals surface area contributed by atoms with Crippen LogP contribution in [0.25, 0.3) is 0 Å². The van der Waals surface area contributed by atoms with E-state index in [0.717, 1.165) is 0 Å². The van der Waals surface area contributed by atoms with Gasteiger partial charge in [0.25, 0.3) is 0 Å². The van der Waals surface area contributed by atoms with Crippen LogP contribution in [0.15, 0.2) is 0 Å². The standard InChI is InChI=1S/C6H10N2O3/c1-8-3-4(2-5(9)10)7-6(8)11/h4H,2-3H2,1H3,(H,7,11)(H,9,10). The third kappa shape index (κ3) is 1.83. The normalized spacial score (nSPS) is 23.5. The van der Waals surface area contributed by atoms with Gasteiger partial charge in [-0.15, -0.1) is 0 Å². The molecular weight excluding hydrogens is 148 g/mol. The molecule has 0 saturated carbocycles. The van der Waals surface area contributed by atoms with Crippen molar-refractivity contribution in [3.8, 4) is 0 Å². The molecule has 1 rings (SSSR count). The highest BCUT2D eigenvalue weighted by Crippen LogP contribution is 2.03. The Morgan fingerprint density at radius 2 is 2.55 bits per heavy atom. The molecule has 5 heteroatoms. The molecule has 2 N–H and O–H groups in total. The van der Waals surface area contributed by atoms with Crippen LogP contribution in [-0.2, 0) is 4.79 Å². The summed E-state index contributed by atoms with van der Waals surface area (Å²) in [6, 6.07) is -0.429. The molecule has 0 aromatic carbocycles. The first-order chi connectivity index (χ1) is 5.09. The second-order valence-corrected chi connectivity index (χ2v) is 2.62. The lowest BCUT2D eigenvalue weighted by Gasteiger charge is -2.04. The molecule has 1 heterocycles. The molecule has 0 aliphatic carbocycles. The van der Waals surface area contributed by atoms with Crippen LogP contribution >= 0.6 is 0 Å². The third-order valence-electron chi connectivity index (χ3n) is 1.59. The van der Waals surface area contributed by atoms with Gasteiger partial charge in [-0.05, 0) is 0 Å². The number of carbonyl (C=O) groups excluding carboxylic acids is 1. The van der Waals surface area contributed by atoms with Crippen LogP contribution in [0.4, 0.5) is 4.79 Å². The molecule has 0 aromatic rings. The number of urea groups is 1. The van der Waals surface area contributed by atoms with Crippen molar-refractivity contribution in [3.05, 3.63) is 0 Å². The van der Waals surface area contributed by atoms with Crippen molar-refractivity contribution in [1.29, 1.82) is 0 Å². The molecule has 1 fully saturated rings. The smallest absolute Gasteiger partial charge is 0.317 e. The van der Waals surface area contributed by atoms with E-state index in [4.69, 9.17) is 5.11 Å². The molecular formula is C6H10N2O3. The molecule has 5 nitrogen and oxygen atoms in total. The third-order valence-corrected chi connectivity index (χ3v) is 1.59. The van der Waals surface area contributed by atoms with Gasteiger partial charge in [0.1, 0.15) is 0 Å². The zero-order valence-electron chi connectivity index (χ0n) is 6.20. The Balaban J connectivity index is 2.41. The Hall–Kier alpha value is -1.26. The average molecular weight is 158 g/mol. The van der Waals surface area contributed by atoms with Gasteiger partial charge in [0, 0.05) is 13.6 Å². The molecule has 11 heavy (non-hydrogen) atoms. The number of hydrogen-bond donors (Lipinski definition) is 2. The first kappa shape index (κ1) is 7.84. The minimum Gasteiger partial charge on any atom is -0.481 e. The van der Waals surface area contributed by atoms with E-state index in [0.29, 0.717) is 6.54 Å². The van der Waals surface area contributed by atoms with E-state index in [1.165, 1.54) is 4.90 Å². The van der Waals surface area contributed by atoms with Crippen molar-refractivity contribution in [1.82, 2.24) is 10.2 Å². The SMILES string of the molecule is CN1CC(CC(=O)O)NC1=O. The van der Waals surface area contributed by atoms with Gasteiger partial charge in [0.05, 0.1) is 12.5 Å². The number of carboxylic acid groups (broad SMARTS) is 1. The fourth-order valence-electron chi connectivity index (χ4n) is 1.07. The topological polar surface area (TPSA) is 69.6 Å². The van der Waals surface area contributed by atoms with E-state index < -0.39 is 5.97 Å². The number of amides is 2. The molecule has 1 saturated heterocycles. The van der Waals surface area contributed by atoms with Crippen molar-refractivity contribution in [3.63, 3.8) is 0 Å². The predicted octanol–water partition coefficient (Wildman–Crippen LogP) is -0.515. The Morgan fingerprint density at radius 3 is 2.91 bits per heavy atom. The lowest BCUT2D eigenvalue weighted by atomic mass is 10.2. The number of carbonyl (C=O) groups is 2. The number of nitrogens with zero attached hydrogens (tertiary/aromatic N) is 1. The summed E-state index contributed by atoms with van der Waals surface area (Å²) >= 11 is 0. The van der Waals surface area contributed by atoms with Crippen molar-refractivity contribution in [2.45, 2.75) is 12.5 Å². The Morgan fingerprint density at radius 1 is 1.91 bits per heavy atom. The fraction of sp³-hybridized carbons (Fsp3) is 0.667. The molecule has 1 atom stereocenters. The van der Waals surface area contributed by atoms with Crippen LogP contribution < -0.4 is 5.32 Å². The quantitative estimate of drug-likeness (QED) is 0.568. The number of carboxylic acids is 1. The van der Waals surface area contributed by atoms with Crippen LogP contribution in [0.5, 0.6) is 0 Å². The Labute approximate surface area is 64.0 Å². The summed E-state index contributed by atoms with van der Waals surface area (Å²) in [5, 5.41) is 10.9. The summed E-state index contributed by atoms with van der Waals surface area (Å²) in [7, 11) is 1.64. The monoisotopic (exact) mass is 158 g/mol. The van der Waals surface area contributed by atoms with Crippen LogP contribution in [0.2, 0.25) is 0 Å². The van der Waals surface area contributed by atoms with Crippen LogP contribution in [0.1, 0.15) is 6.42 Å². The van der Waals surface area contributed by atoms with Gasteiger partial charge >= 0.3 is 12.0 Å². The van der Waals surface area contributed by atoms with Gasteiger partial charge in [-0.25, -0.2) is 4.79 Å². The fourth-order valence-corrected chi connectivity index (χ4v) is 1.07. The van der Waals surface area contributed by atoms with Crippen molar-refractivity contribution in [2.75, 3.05) is 13.6 Å². The summed E-state index contributed by atoms with van der Waals surface area (Å²) in [6.07, 6.45) is -0.00389. The first-order valence-electron chi connectivity index (χ1n) is 3.33. The number of rotatable bonds is 2. The highest BCUT2D eigenvalue weighted by atomic mass is 16.4. The van der Waals surface area contributed by atoms with Gasteiger partial charge in [0.2, 0.25) is 0 Å². The molecule has 1 unspecified atom stereocenters. The van der Waals surface area contributed by atoms with E-state index in [1.807, 2.05) is 0 Å². The Bertz CT molecular complexity index is 190. The zero-order chi connectivity index (χ0) is 8.43. The molecule has 0 bridgehead atoms. The second kappa shape index (κ2) is 2.77. The van der Waals surface area contributed by atoms with E-state index in [-0.39, 0.29) is 18.5 Å². The summed E-state index contributed by atoms with van der Waals surface area (Å²) < 4.78 is 0. The molecule has 1 aliphatic rings. The van der Waals surface area contributed by atoms with Crippen molar-refractivity contribution in [2.24, 2.45) is 0 Å². The molecule has 62 valence electrons. The van der Waals surface area contributed by atoms with Crippen molar-refractivity contribution < 1.29 is 14.7 Å². The van der Waals surface area contributed by atoms with Gasteiger partial charge < -0.3 is 15.3 Å². The van der Waals surface area contributed by atoms with Gasteiger partial charge in [-0.3, -0.25) is 4.79 Å².